The Hall–Kier alpha value is -2.11. The van der Waals surface area contributed by atoms with E-state index in [1.807, 2.05) is 0 Å². The Morgan fingerprint density at radius 1 is 1.39 bits per heavy atom. The molecule has 0 heterocycles. The third kappa shape index (κ3) is 3.19. The molecule has 0 fully saturated rings. The lowest BCUT2D eigenvalue weighted by molar-refractivity contribution is -0.384. The highest BCUT2D eigenvalue weighted by atomic mass is 16.6. The van der Waals surface area contributed by atoms with Crippen molar-refractivity contribution in [3.8, 4) is 5.75 Å². The number of hydrogen-bond acceptors (Lipinski definition) is 4. The van der Waals surface area contributed by atoms with Crippen LogP contribution in [0.2, 0.25) is 0 Å². The van der Waals surface area contributed by atoms with Gasteiger partial charge in [-0.15, -0.1) is 0 Å². The van der Waals surface area contributed by atoms with Crippen molar-refractivity contribution >= 4 is 17.3 Å². The van der Waals surface area contributed by atoms with Gasteiger partial charge in [0.15, 0.2) is 0 Å². The lowest BCUT2D eigenvalue weighted by Gasteiger charge is -2.18. The van der Waals surface area contributed by atoms with Crippen LogP contribution in [-0.2, 0) is 4.79 Å². The molecule has 1 N–H and O–H groups in total. The number of benzene rings is 1. The molecule has 98 valence electrons. The zero-order chi connectivity index (χ0) is 13.9. The Balaban J connectivity index is 3.04. The van der Waals surface area contributed by atoms with Gasteiger partial charge in [0.2, 0.25) is 5.91 Å². The SMILES string of the molecule is COc1cc([N+](=O)[O-])ccc1NC(=O)C(C)(C)C. The molecular weight excluding hydrogens is 236 g/mol. The van der Waals surface area contributed by atoms with Gasteiger partial charge in [-0.2, -0.15) is 0 Å². The highest BCUT2D eigenvalue weighted by molar-refractivity contribution is 5.95. The lowest BCUT2D eigenvalue weighted by atomic mass is 9.95. The molecule has 1 aromatic carbocycles. The zero-order valence-electron chi connectivity index (χ0n) is 10.8. The van der Waals surface area contributed by atoms with Gasteiger partial charge in [-0.1, -0.05) is 20.8 Å². The van der Waals surface area contributed by atoms with Gasteiger partial charge in [0.05, 0.1) is 23.8 Å². The first-order valence-corrected chi connectivity index (χ1v) is 5.39. The Morgan fingerprint density at radius 2 is 2.00 bits per heavy atom. The number of ether oxygens (including phenoxy) is 1. The molecular formula is C12H16N2O4. The quantitative estimate of drug-likeness (QED) is 0.662. The second-order valence-electron chi connectivity index (χ2n) is 4.85. The summed E-state index contributed by atoms with van der Waals surface area (Å²) in [5.41, 5.74) is -0.212. The van der Waals surface area contributed by atoms with E-state index in [0.717, 1.165) is 0 Å². The molecule has 0 saturated heterocycles. The van der Waals surface area contributed by atoms with Gasteiger partial charge in [0.25, 0.3) is 5.69 Å². The normalized spacial score (nSPS) is 10.9. The molecule has 0 aliphatic rings. The van der Waals surface area contributed by atoms with Crippen LogP contribution in [0.1, 0.15) is 20.8 Å². The second-order valence-corrected chi connectivity index (χ2v) is 4.85. The smallest absolute Gasteiger partial charge is 0.273 e. The van der Waals surface area contributed by atoms with Crippen molar-refractivity contribution < 1.29 is 14.5 Å². The summed E-state index contributed by atoms with van der Waals surface area (Å²) in [6, 6.07) is 4.06. The van der Waals surface area contributed by atoms with Crippen LogP contribution in [0.25, 0.3) is 0 Å². The number of carbonyl (C=O) groups excluding carboxylic acids is 1. The Morgan fingerprint density at radius 3 is 2.44 bits per heavy atom. The van der Waals surface area contributed by atoms with Crippen molar-refractivity contribution in [2.75, 3.05) is 12.4 Å². The predicted molar refractivity (Wildman–Crippen MR) is 67.7 cm³/mol. The minimum atomic E-state index is -0.549. The third-order valence-electron chi connectivity index (χ3n) is 2.33. The van der Waals surface area contributed by atoms with E-state index in [1.54, 1.807) is 20.8 Å². The minimum absolute atomic E-state index is 0.0828. The maximum absolute atomic E-state index is 11.8. The molecule has 6 heteroatoms. The molecule has 0 radical (unpaired) electrons. The fourth-order valence-corrected chi connectivity index (χ4v) is 1.21. The summed E-state index contributed by atoms with van der Waals surface area (Å²) in [4.78, 5) is 21.9. The molecule has 0 spiro atoms. The summed E-state index contributed by atoms with van der Waals surface area (Å²) < 4.78 is 5.03. The summed E-state index contributed by atoms with van der Waals surface area (Å²) in [5, 5.41) is 13.3. The molecule has 0 aliphatic carbocycles. The lowest BCUT2D eigenvalue weighted by Crippen LogP contribution is -2.27. The van der Waals surface area contributed by atoms with Gasteiger partial charge in [-0.05, 0) is 6.07 Å². The monoisotopic (exact) mass is 252 g/mol. The fourth-order valence-electron chi connectivity index (χ4n) is 1.21. The first-order chi connectivity index (χ1) is 8.25. The van der Waals surface area contributed by atoms with Gasteiger partial charge in [-0.3, -0.25) is 14.9 Å². The van der Waals surface area contributed by atoms with Gasteiger partial charge in [0, 0.05) is 11.5 Å². The van der Waals surface area contributed by atoms with Crippen molar-refractivity contribution in [2.24, 2.45) is 5.41 Å². The van der Waals surface area contributed by atoms with Crippen molar-refractivity contribution in [3.63, 3.8) is 0 Å². The van der Waals surface area contributed by atoms with Crippen LogP contribution in [0.15, 0.2) is 18.2 Å². The van der Waals surface area contributed by atoms with Crippen molar-refractivity contribution in [1.82, 2.24) is 0 Å². The molecule has 1 aromatic rings. The number of anilines is 1. The molecule has 0 saturated carbocycles. The Kier molecular flexibility index (Phi) is 3.90. The van der Waals surface area contributed by atoms with E-state index in [4.69, 9.17) is 4.74 Å². The second kappa shape index (κ2) is 5.03. The highest BCUT2D eigenvalue weighted by Gasteiger charge is 2.23. The number of non-ortho nitro benzene ring substituents is 1. The van der Waals surface area contributed by atoms with E-state index in [0.29, 0.717) is 5.69 Å². The van der Waals surface area contributed by atoms with Crippen LogP contribution in [0.4, 0.5) is 11.4 Å². The maximum Gasteiger partial charge on any atom is 0.273 e. The van der Waals surface area contributed by atoms with Gasteiger partial charge in [0.1, 0.15) is 5.75 Å². The standard InChI is InChI=1S/C12H16N2O4/c1-12(2,3)11(15)13-9-6-5-8(14(16)17)7-10(9)18-4/h5-7H,1-4H3,(H,13,15). The van der Waals surface area contributed by atoms with Crippen LogP contribution in [0.3, 0.4) is 0 Å². The summed E-state index contributed by atoms with van der Waals surface area (Å²) in [5.74, 6) is 0.0800. The average Bonchev–Trinajstić information content (AvgIpc) is 2.27. The number of nitro groups is 1. The van der Waals surface area contributed by atoms with E-state index < -0.39 is 10.3 Å². The highest BCUT2D eigenvalue weighted by Crippen LogP contribution is 2.30. The van der Waals surface area contributed by atoms with E-state index in [-0.39, 0.29) is 17.3 Å². The van der Waals surface area contributed by atoms with Crippen LogP contribution in [0, 0.1) is 15.5 Å². The van der Waals surface area contributed by atoms with Crippen molar-refractivity contribution in [3.05, 3.63) is 28.3 Å². The number of rotatable bonds is 3. The van der Waals surface area contributed by atoms with E-state index in [2.05, 4.69) is 5.32 Å². The van der Waals surface area contributed by atoms with Crippen LogP contribution < -0.4 is 10.1 Å². The number of carbonyl (C=O) groups is 1. The first kappa shape index (κ1) is 14.0. The Labute approximate surface area is 105 Å². The predicted octanol–water partition coefficient (Wildman–Crippen LogP) is 2.59. The molecule has 1 rings (SSSR count). The number of nitro benzene ring substituents is 1. The summed E-state index contributed by atoms with van der Waals surface area (Å²) in [7, 11) is 1.39. The summed E-state index contributed by atoms with van der Waals surface area (Å²) >= 11 is 0. The largest absolute Gasteiger partial charge is 0.494 e. The van der Waals surface area contributed by atoms with Crippen LogP contribution in [-0.4, -0.2) is 17.9 Å². The summed E-state index contributed by atoms with van der Waals surface area (Å²) in [6.07, 6.45) is 0. The zero-order valence-corrected chi connectivity index (χ0v) is 10.8. The fraction of sp³-hybridized carbons (Fsp3) is 0.417. The number of amides is 1. The molecule has 0 atom stereocenters. The topological polar surface area (TPSA) is 81.5 Å². The molecule has 0 aliphatic heterocycles. The van der Waals surface area contributed by atoms with Crippen molar-refractivity contribution in [2.45, 2.75) is 20.8 Å². The first-order valence-electron chi connectivity index (χ1n) is 5.39. The molecule has 0 bridgehead atoms. The van der Waals surface area contributed by atoms with Gasteiger partial charge in [-0.25, -0.2) is 0 Å². The van der Waals surface area contributed by atoms with E-state index >= 15 is 0 Å². The van der Waals surface area contributed by atoms with Crippen LogP contribution >= 0.6 is 0 Å². The van der Waals surface area contributed by atoms with Gasteiger partial charge < -0.3 is 10.1 Å². The Bertz CT molecular complexity index is 477. The van der Waals surface area contributed by atoms with Crippen LogP contribution in [0.5, 0.6) is 5.75 Å². The molecule has 6 nitrogen and oxygen atoms in total. The van der Waals surface area contributed by atoms with Crippen molar-refractivity contribution in [1.29, 1.82) is 0 Å². The molecule has 0 unspecified atom stereocenters. The number of nitrogens with zero attached hydrogens (tertiary/aromatic N) is 1. The number of nitrogens with one attached hydrogen (secondary N) is 1. The minimum Gasteiger partial charge on any atom is -0.494 e. The average molecular weight is 252 g/mol. The third-order valence-corrected chi connectivity index (χ3v) is 2.33. The molecule has 18 heavy (non-hydrogen) atoms. The van der Waals surface area contributed by atoms with E-state index in [9.17, 15) is 14.9 Å². The van der Waals surface area contributed by atoms with Gasteiger partial charge >= 0.3 is 0 Å². The molecule has 1 amide bonds. The van der Waals surface area contributed by atoms with E-state index in [1.165, 1.54) is 25.3 Å². The maximum atomic E-state index is 11.8. The number of hydrogen-bond donors (Lipinski definition) is 1. The number of methoxy groups -OCH3 is 1. The summed E-state index contributed by atoms with van der Waals surface area (Å²) in [6.45, 7) is 5.33. The molecule has 0 aromatic heterocycles.